The van der Waals surface area contributed by atoms with E-state index in [4.69, 9.17) is 4.74 Å². The van der Waals surface area contributed by atoms with Crippen LogP contribution in [0.3, 0.4) is 0 Å². The second-order valence-electron chi connectivity index (χ2n) is 10.00. The zero-order valence-corrected chi connectivity index (χ0v) is 20.2. The first-order valence-corrected chi connectivity index (χ1v) is 12.3. The summed E-state index contributed by atoms with van der Waals surface area (Å²) in [6.07, 6.45) is 4.29. The lowest BCUT2D eigenvalue weighted by Gasteiger charge is -2.45. The molecule has 1 aromatic heterocycles. The highest BCUT2D eigenvalue weighted by molar-refractivity contribution is 6.03. The quantitative estimate of drug-likeness (QED) is 0.580. The van der Waals surface area contributed by atoms with E-state index in [1.807, 2.05) is 54.0 Å². The molecule has 1 fully saturated rings. The third-order valence-electron chi connectivity index (χ3n) is 7.64. The van der Waals surface area contributed by atoms with Gasteiger partial charge < -0.3 is 19.5 Å². The van der Waals surface area contributed by atoms with Gasteiger partial charge in [-0.05, 0) is 49.4 Å². The molecule has 1 aliphatic carbocycles. The molecule has 0 spiro atoms. The van der Waals surface area contributed by atoms with Crippen molar-refractivity contribution in [1.29, 1.82) is 0 Å². The Morgan fingerprint density at radius 2 is 1.88 bits per heavy atom. The van der Waals surface area contributed by atoms with Gasteiger partial charge in [0.1, 0.15) is 17.0 Å². The number of fused-ring (bicyclic) bond motifs is 3. The number of carbonyl (C=O) groups is 2. The first-order valence-electron chi connectivity index (χ1n) is 12.3. The van der Waals surface area contributed by atoms with Crippen LogP contribution < -0.4 is 10.1 Å². The van der Waals surface area contributed by atoms with Crippen molar-refractivity contribution < 1.29 is 14.3 Å². The SMILES string of the molecule is COc1ccc2cc3n(c2c1)CC(C)(C(=O)NC1CCCC1)N(CC(C)c1ccccc1)C3=O. The van der Waals surface area contributed by atoms with E-state index in [0.717, 1.165) is 47.9 Å². The van der Waals surface area contributed by atoms with Gasteiger partial charge in [0.05, 0.1) is 19.2 Å². The molecular weight excluding hydrogens is 426 g/mol. The van der Waals surface area contributed by atoms with Gasteiger partial charge >= 0.3 is 0 Å². The van der Waals surface area contributed by atoms with Gasteiger partial charge in [0.15, 0.2) is 0 Å². The molecule has 2 aromatic carbocycles. The predicted octanol–water partition coefficient (Wildman–Crippen LogP) is 4.73. The van der Waals surface area contributed by atoms with E-state index in [0.29, 0.717) is 18.8 Å². The number of carbonyl (C=O) groups excluding carboxylic acids is 2. The number of rotatable bonds is 6. The molecule has 2 unspecified atom stereocenters. The molecule has 2 amide bonds. The van der Waals surface area contributed by atoms with Gasteiger partial charge in [0.25, 0.3) is 5.91 Å². The molecule has 178 valence electrons. The Labute approximate surface area is 200 Å². The number of hydrogen-bond donors (Lipinski definition) is 1. The predicted molar refractivity (Wildman–Crippen MR) is 133 cm³/mol. The number of nitrogens with zero attached hydrogens (tertiary/aromatic N) is 2. The normalized spacial score (nSPS) is 21.5. The van der Waals surface area contributed by atoms with E-state index < -0.39 is 5.54 Å². The molecule has 2 heterocycles. The Balaban J connectivity index is 1.55. The summed E-state index contributed by atoms with van der Waals surface area (Å²) in [5.41, 5.74) is 1.70. The van der Waals surface area contributed by atoms with E-state index in [-0.39, 0.29) is 23.8 Å². The molecule has 0 bridgehead atoms. The minimum absolute atomic E-state index is 0.0663. The first kappa shape index (κ1) is 22.5. The monoisotopic (exact) mass is 459 g/mol. The topological polar surface area (TPSA) is 63.6 Å². The number of nitrogens with one attached hydrogen (secondary N) is 1. The zero-order valence-electron chi connectivity index (χ0n) is 20.2. The maximum Gasteiger partial charge on any atom is 0.271 e. The van der Waals surface area contributed by atoms with Gasteiger partial charge in [-0.1, -0.05) is 50.1 Å². The molecule has 2 atom stereocenters. The average molecular weight is 460 g/mol. The largest absolute Gasteiger partial charge is 0.497 e. The lowest BCUT2D eigenvalue weighted by atomic mass is 9.91. The highest BCUT2D eigenvalue weighted by Crippen LogP contribution is 2.35. The Hall–Kier alpha value is -3.28. The minimum Gasteiger partial charge on any atom is -0.497 e. The summed E-state index contributed by atoms with van der Waals surface area (Å²) in [6, 6.07) is 18.1. The van der Waals surface area contributed by atoms with E-state index in [1.165, 1.54) is 0 Å². The van der Waals surface area contributed by atoms with E-state index in [9.17, 15) is 9.59 Å². The van der Waals surface area contributed by atoms with Crippen LogP contribution in [0.2, 0.25) is 0 Å². The number of methoxy groups -OCH3 is 1. The molecule has 5 rings (SSSR count). The van der Waals surface area contributed by atoms with Crippen molar-refractivity contribution in [3.63, 3.8) is 0 Å². The van der Waals surface area contributed by atoms with Crippen LogP contribution in [0.1, 0.15) is 61.5 Å². The standard InChI is InChI=1S/C28H33N3O3/c1-19(20-9-5-4-6-10-20)17-31-26(32)25-15-21-13-14-23(34-3)16-24(21)30(25)18-28(31,2)27(33)29-22-11-7-8-12-22/h4-6,9-10,13-16,19,22H,7-8,11-12,17-18H2,1-3H3,(H,29,33). The van der Waals surface area contributed by atoms with E-state index >= 15 is 0 Å². The van der Waals surface area contributed by atoms with E-state index in [2.05, 4.69) is 24.4 Å². The molecule has 3 aromatic rings. The second-order valence-corrected chi connectivity index (χ2v) is 10.00. The molecule has 0 radical (unpaired) electrons. The third kappa shape index (κ3) is 3.85. The van der Waals surface area contributed by atoms with Crippen LogP contribution in [0.25, 0.3) is 10.9 Å². The Kier molecular flexibility index (Phi) is 5.84. The van der Waals surface area contributed by atoms with Gasteiger partial charge in [0, 0.05) is 24.0 Å². The van der Waals surface area contributed by atoms with Gasteiger partial charge in [-0.25, -0.2) is 0 Å². The Bertz CT molecular complexity index is 1210. The highest BCUT2D eigenvalue weighted by Gasteiger charge is 2.48. The van der Waals surface area contributed by atoms with Crippen molar-refractivity contribution in [3.05, 3.63) is 65.9 Å². The molecule has 6 nitrogen and oxygen atoms in total. The zero-order chi connectivity index (χ0) is 23.9. The summed E-state index contributed by atoms with van der Waals surface area (Å²) >= 11 is 0. The maximum atomic E-state index is 14.0. The fourth-order valence-electron chi connectivity index (χ4n) is 5.52. The van der Waals surface area contributed by atoms with Crippen molar-refractivity contribution in [2.24, 2.45) is 0 Å². The van der Waals surface area contributed by atoms with Crippen molar-refractivity contribution in [3.8, 4) is 5.75 Å². The van der Waals surface area contributed by atoms with E-state index in [1.54, 1.807) is 12.0 Å². The fraction of sp³-hybridized carbons (Fsp3) is 0.429. The second kappa shape index (κ2) is 8.82. The summed E-state index contributed by atoms with van der Waals surface area (Å²) in [7, 11) is 1.64. The fourth-order valence-corrected chi connectivity index (χ4v) is 5.52. The number of hydrogen-bond acceptors (Lipinski definition) is 3. The summed E-state index contributed by atoms with van der Waals surface area (Å²) < 4.78 is 7.43. The highest BCUT2D eigenvalue weighted by atomic mass is 16.5. The number of benzene rings is 2. The maximum absolute atomic E-state index is 14.0. The number of ether oxygens (including phenoxy) is 1. The van der Waals surface area contributed by atoms with Gasteiger partial charge in [-0.2, -0.15) is 0 Å². The van der Waals surface area contributed by atoms with Crippen LogP contribution in [0.15, 0.2) is 54.6 Å². The first-order chi connectivity index (χ1) is 16.4. The Morgan fingerprint density at radius 3 is 2.59 bits per heavy atom. The van der Waals surface area contributed by atoms with Crippen LogP contribution in [0, 0.1) is 0 Å². The third-order valence-corrected chi connectivity index (χ3v) is 7.64. The van der Waals surface area contributed by atoms with Crippen LogP contribution in [0.4, 0.5) is 0 Å². The smallest absolute Gasteiger partial charge is 0.271 e. The summed E-state index contributed by atoms with van der Waals surface area (Å²) in [6.45, 7) is 4.92. The van der Waals surface area contributed by atoms with Gasteiger partial charge in [0.2, 0.25) is 5.91 Å². The Morgan fingerprint density at radius 1 is 1.15 bits per heavy atom. The molecule has 6 heteroatoms. The summed E-state index contributed by atoms with van der Waals surface area (Å²) in [5, 5.41) is 4.25. The minimum atomic E-state index is -0.995. The van der Waals surface area contributed by atoms with Crippen molar-refractivity contribution >= 4 is 22.7 Å². The molecular formula is C28H33N3O3. The lowest BCUT2D eigenvalue weighted by molar-refractivity contribution is -0.133. The number of aromatic nitrogens is 1. The van der Waals surface area contributed by atoms with Gasteiger partial charge in [-0.3, -0.25) is 9.59 Å². The average Bonchev–Trinajstić information content (AvgIpc) is 3.49. The molecule has 1 N–H and O–H groups in total. The van der Waals surface area contributed by atoms with Crippen LogP contribution in [-0.2, 0) is 11.3 Å². The van der Waals surface area contributed by atoms with Crippen molar-refractivity contribution in [2.75, 3.05) is 13.7 Å². The summed E-state index contributed by atoms with van der Waals surface area (Å²) in [4.78, 5) is 29.6. The van der Waals surface area contributed by atoms with Crippen LogP contribution >= 0.6 is 0 Å². The van der Waals surface area contributed by atoms with Gasteiger partial charge in [-0.15, -0.1) is 0 Å². The van der Waals surface area contributed by atoms with Crippen molar-refractivity contribution in [2.45, 2.75) is 63.6 Å². The molecule has 34 heavy (non-hydrogen) atoms. The lowest BCUT2D eigenvalue weighted by Crippen LogP contribution is -2.65. The van der Waals surface area contributed by atoms with Crippen LogP contribution in [0.5, 0.6) is 5.75 Å². The molecule has 1 aliphatic heterocycles. The molecule has 1 saturated carbocycles. The number of amides is 2. The molecule has 2 aliphatic rings. The summed E-state index contributed by atoms with van der Waals surface area (Å²) in [5.74, 6) is 0.662. The molecule has 0 saturated heterocycles. The van der Waals surface area contributed by atoms with Crippen LogP contribution in [-0.4, -0.2) is 46.5 Å². The van der Waals surface area contributed by atoms with Crippen molar-refractivity contribution in [1.82, 2.24) is 14.8 Å².